The molecular formula is C18H27NO7. The van der Waals surface area contributed by atoms with Crippen LogP contribution in [-0.4, -0.2) is 60.6 Å². The van der Waals surface area contributed by atoms with E-state index in [1.807, 2.05) is 0 Å². The van der Waals surface area contributed by atoms with Gasteiger partial charge in [-0.25, -0.2) is 0 Å². The summed E-state index contributed by atoms with van der Waals surface area (Å²) in [6.45, 7) is 3.98. The maximum atomic E-state index is 11.8. The van der Waals surface area contributed by atoms with E-state index in [1.165, 1.54) is 11.8 Å². The summed E-state index contributed by atoms with van der Waals surface area (Å²) < 4.78 is 10.2. The van der Waals surface area contributed by atoms with Crippen LogP contribution in [0, 0.1) is 5.92 Å². The van der Waals surface area contributed by atoms with E-state index in [1.54, 1.807) is 6.92 Å². The predicted molar refractivity (Wildman–Crippen MR) is 91.1 cm³/mol. The van der Waals surface area contributed by atoms with Gasteiger partial charge in [0.25, 0.3) is 0 Å². The number of ketones is 2. The Morgan fingerprint density at radius 2 is 1.77 bits per heavy atom. The highest BCUT2D eigenvalue weighted by Crippen LogP contribution is 2.18. The minimum Gasteiger partial charge on any atom is -0.463 e. The summed E-state index contributed by atoms with van der Waals surface area (Å²) in [7, 11) is 0. The maximum absolute atomic E-state index is 11.8. The average molecular weight is 369 g/mol. The normalized spacial score (nSPS) is 16.8. The van der Waals surface area contributed by atoms with E-state index in [2.05, 4.69) is 0 Å². The first-order chi connectivity index (χ1) is 12.3. The third-order valence-corrected chi connectivity index (χ3v) is 4.00. The van der Waals surface area contributed by atoms with E-state index in [0.29, 0.717) is 19.4 Å². The number of esters is 1. The van der Waals surface area contributed by atoms with Gasteiger partial charge in [-0.3, -0.25) is 24.1 Å². The molecule has 0 aromatic heterocycles. The fraction of sp³-hybridized carbons (Fsp3) is 0.722. The van der Waals surface area contributed by atoms with Crippen molar-refractivity contribution < 1.29 is 33.4 Å². The van der Waals surface area contributed by atoms with Gasteiger partial charge in [-0.1, -0.05) is 6.92 Å². The van der Waals surface area contributed by atoms with E-state index in [-0.39, 0.29) is 74.7 Å². The van der Waals surface area contributed by atoms with Crippen molar-refractivity contribution in [3.63, 3.8) is 0 Å². The molecule has 0 bridgehead atoms. The summed E-state index contributed by atoms with van der Waals surface area (Å²) >= 11 is 0. The lowest BCUT2D eigenvalue weighted by Crippen LogP contribution is -2.32. The van der Waals surface area contributed by atoms with Crippen molar-refractivity contribution in [2.75, 3.05) is 26.4 Å². The lowest BCUT2D eigenvalue weighted by Gasteiger charge is -2.13. The van der Waals surface area contributed by atoms with Gasteiger partial charge in [0.15, 0.2) is 0 Å². The van der Waals surface area contributed by atoms with Gasteiger partial charge >= 0.3 is 5.97 Å². The largest absolute Gasteiger partial charge is 0.463 e. The number of Topliss-reactive ketones (excluding diaryl/α,β-unsaturated/α-hetero) is 2. The number of hydrogen-bond donors (Lipinski definition) is 0. The predicted octanol–water partition coefficient (Wildman–Crippen LogP) is 1.05. The molecule has 1 saturated heterocycles. The van der Waals surface area contributed by atoms with Gasteiger partial charge in [-0.2, -0.15) is 0 Å². The second-order valence-electron chi connectivity index (χ2n) is 6.42. The molecule has 0 aromatic carbocycles. The first-order valence-electron chi connectivity index (χ1n) is 8.90. The zero-order valence-corrected chi connectivity index (χ0v) is 15.5. The Morgan fingerprint density at radius 3 is 2.38 bits per heavy atom. The van der Waals surface area contributed by atoms with Gasteiger partial charge in [0, 0.05) is 44.8 Å². The van der Waals surface area contributed by atoms with Gasteiger partial charge in [-0.05, 0) is 13.3 Å². The highest BCUT2D eigenvalue weighted by molar-refractivity contribution is 6.03. The maximum Gasteiger partial charge on any atom is 0.306 e. The Labute approximate surface area is 153 Å². The minimum absolute atomic E-state index is 0.0237. The van der Waals surface area contributed by atoms with Crippen LogP contribution in [0.4, 0.5) is 0 Å². The van der Waals surface area contributed by atoms with Crippen LogP contribution in [0.15, 0.2) is 0 Å². The Balaban J connectivity index is 2.00. The summed E-state index contributed by atoms with van der Waals surface area (Å²) in [5.74, 6) is -1.22. The van der Waals surface area contributed by atoms with Crippen molar-refractivity contribution in [1.29, 1.82) is 0 Å². The summed E-state index contributed by atoms with van der Waals surface area (Å²) in [5, 5.41) is 0. The first kappa shape index (κ1) is 22.0. The van der Waals surface area contributed by atoms with Crippen molar-refractivity contribution in [2.24, 2.45) is 5.92 Å². The zero-order valence-electron chi connectivity index (χ0n) is 15.5. The van der Waals surface area contributed by atoms with E-state index in [9.17, 15) is 24.0 Å². The van der Waals surface area contributed by atoms with Crippen LogP contribution in [-0.2, 0) is 33.4 Å². The van der Waals surface area contributed by atoms with E-state index >= 15 is 0 Å². The Hall–Kier alpha value is -2.09. The monoisotopic (exact) mass is 369 g/mol. The third kappa shape index (κ3) is 8.33. The lowest BCUT2D eigenvalue weighted by atomic mass is 10.1. The van der Waals surface area contributed by atoms with Crippen LogP contribution in [0.3, 0.4) is 0 Å². The summed E-state index contributed by atoms with van der Waals surface area (Å²) in [6.07, 6.45) is 1.47. The molecule has 0 saturated carbocycles. The molecule has 1 rings (SSSR count). The van der Waals surface area contributed by atoms with Crippen LogP contribution >= 0.6 is 0 Å². The molecule has 0 N–H and O–H groups in total. The van der Waals surface area contributed by atoms with Gasteiger partial charge in [-0.15, -0.1) is 0 Å². The molecule has 0 spiro atoms. The first-order valence-corrected chi connectivity index (χ1v) is 8.90. The quantitative estimate of drug-likeness (QED) is 0.271. The Morgan fingerprint density at radius 1 is 1.04 bits per heavy atom. The standard InChI is InChI=1S/C18H27NO7/c1-13-12-16(22)19(18(13)24)8-7-15(21)4-3-9-25-10-11-26-17(23)6-5-14(2)20/h13H,3-12H2,1-2H3. The number of ether oxygens (including phenoxy) is 2. The number of rotatable bonds is 13. The Bertz CT molecular complexity index is 544. The highest BCUT2D eigenvalue weighted by atomic mass is 16.6. The summed E-state index contributed by atoms with van der Waals surface area (Å²) in [5.41, 5.74) is 0. The van der Waals surface area contributed by atoms with Crippen LogP contribution in [0.1, 0.15) is 52.4 Å². The van der Waals surface area contributed by atoms with Crippen molar-refractivity contribution in [1.82, 2.24) is 4.90 Å². The van der Waals surface area contributed by atoms with Crippen LogP contribution in [0.5, 0.6) is 0 Å². The molecule has 1 aliphatic heterocycles. The second kappa shape index (κ2) is 11.5. The fourth-order valence-corrected chi connectivity index (χ4v) is 2.48. The molecule has 146 valence electrons. The number of imide groups is 1. The van der Waals surface area contributed by atoms with E-state index in [4.69, 9.17) is 9.47 Å². The number of likely N-dealkylation sites (tertiary alicyclic amines) is 1. The third-order valence-electron chi connectivity index (χ3n) is 4.00. The molecular weight excluding hydrogens is 342 g/mol. The van der Waals surface area contributed by atoms with Crippen molar-refractivity contribution >= 4 is 29.4 Å². The van der Waals surface area contributed by atoms with Crippen LogP contribution < -0.4 is 0 Å². The van der Waals surface area contributed by atoms with Crippen molar-refractivity contribution in [3.05, 3.63) is 0 Å². The molecule has 1 aliphatic rings. The molecule has 1 fully saturated rings. The van der Waals surface area contributed by atoms with Crippen molar-refractivity contribution in [2.45, 2.75) is 52.4 Å². The molecule has 26 heavy (non-hydrogen) atoms. The topological polar surface area (TPSA) is 107 Å². The number of carbonyl (C=O) groups excluding carboxylic acids is 5. The highest BCUT2D eigenvalue weighted by Gasteiger charge is 2.35. The number of amides is 2. The summed E-state index contributed by atoms with van der Waals surface area (Å²) in [6, 6.07) is 0. The zero-order chi connectivity index (χ0) is 19.5. The molecule has 8 nitrogen and oxygen atoms in total. The van der Waals surface area contributed by atoms with Crippen molar-refractivity contribution in [3.8, 4) is 0 Å². The SMILES string of the molecule is CC(=O)CCC(=O)OCCOCCCC(=O)CCN1C(=O)CC(C)C1=O. The fourth-order valence-electron chi connectivity index (χ4n) is 2.48. The van der Waals surface area contributed by atoms with E-state index in [0.717, 1.165) is 0 Å². The number of hydrogen-bond acceptors (Lipinski definition) is 7. The molecule has 1 heterocycles. The number of nitrogens with zero attached hydrogens (tertiary/aromatic N) is 1. The van der Waals surface area contributed by atoms with E-state index < -0.39 is 5.97 Å². The molecule has 2 amide bonds. The molecule has 1 atom stereocenters. The van der Waals surface area contributed by atoms with Crippen LogP contribution in [0.25, 0.3) is 0 Å². The molecule has 8 heteroatoms. The average Bonchev–Trinajstić information content (AvgIpc) is 2.82. The smallest absolute Gasteiger partial charge is 0.306 e. The number of carbonyl (C=O) groups is 5. The second-order valence-corrected chi connectivity index (χ2v) is 6.42. The minimum atomic E-state index is -0.431. The Kier molecular flexibility index (Phi) is 9.72. The van der Waals surface area contributed by atoms with Gasteiger partial charge in [0.1, 0.15) is 18.2 Å². The van der Waals surface area contributed by atoms with Gasteiger partial charge in [0.05, 0.1) is 13.0 Å². The van der Waals surface area contributed by atoms with Gasteiger partial charge < -0.3 is 14.3 Å². The van der Waals surface area contributed by atoms with Crippen LogP contribution in [0.2, 0.25) is 0 Å². The molecule has 1 unspecified atom stereocenters. The van der Waals surface area contributed by atoms with Gasteiger partial charge in [0.2, 0.25) is 11.8 Å². The summed E-state index contributed by atoms with van der Waals surface area (Å²) in [4.78, 5) is 58.3. The molecule has 0 aliphatic carbocycles. The molecule has 0 aromatic rings. The molecule has 0 radical (unpaired) electrons. The lowest BCUT2D eigenvalue weighted by molar-refractivity contribution is -0.146.